The molecule has 1 atom stereocenters. The van der Waals surface area contributed by atoms with Crippen molar-refractivity contribution in [1.29, 1.82) is 0 Å². The van der Waals surface area contributed by atoms with Crippen LogP contribution in [0.2, 0.25) is 5.02 Å². The molecule has 3 aromatic carbocycles. The van der Waals surface area contributed by atoms with Gasteiger partial charge < -0.3 is 0 Å². The number of alkyl halides is 2. The van der Waals surface area contributed by atoms with Gasteiger partial charge in [0.05, 0.1) is 15.6 Å². The van der Waals surface area contributed by atoms with Gasteiger partial charge in [-0.1, -0.05) is 54.9 Å². The summed E-state index contributed by atoms with van der Waals surface area (Å²) in [6, 6.07) is 14.8. The Hall–Kier alpha value is -2.77. The van der Waals surface area contributed by atoms with E-state index in [0.29, 0.717) is 23.2 Å². The smallest absolute Gasteiger partial charge is 0.266 e. The van der Waals surface area contributed by atoms with Gasteiger partial charge in [0.25, 0.3) is 15.9 Å². The SMILES string of the molecule is C/C(=C\c1ccc2c(c1)N(S(=O)(=O)c1cccc(C(C)(F)F)c1)CC(C)C2)c1c(F)cccc1Cl. The van der Waals surface area contributed by atoms with Crippen molar-refractivity contribution in [3.8, 4) is 0 Å². The van der Waals surface area contributed by atoms with E-state index < -0.39 is 21.8 Å². The Morgan fingerprint density at radius 3 is 2.51 bits per heavy atom. The average Bonchev–Trinajstić information content (AvgIpc) is 2.78. The maximum atomic E-state index is 14.4. The van der Waals surface area contributed by atoms with Gasteiger partial charge in [-0.2, -0.15) is 0 Å². The van der Waals surface area contributed by atoms with Crippen LogP contribution < -0.4 is 4.31 Å². The second kappa shape index (κ2) is 9.36. The highest BCUT2D eigenvalue weighted by Gasteiger charge is 2.33. The monoisotopic (exact) mass is 519 g/mol. The fraction of sp³-hybridized carbons (Fsp3) is 0.259. The maximum absolute atomic E-state index is 14.4. The molecule has 8 heteroatoms. The Kier molecular flexibility index (Phi) is 6.77. The zero-order chi connectivity index (χ0) is 25.5. The largest absolute Gasteiger partial charge is 0.270 e. The topological polar surface area (TPSA) is 37.4 Å². The molecule has 4 rings (SSSR count). The van der Waals surface area contributed by atoms with Gasteiger partial charge in [-0.05, 0) is 66.3 Å². The number of sulfonamides is 1. The first kappa shape index (κ1) is 25.3. The summed E-state index contributed by atoms with van der Waals surface area (Å²) < 4.78 is 70.7. The van der Waals surface area contributed by atoms with Crippen molar-refractivity contribution >= 4 is 39.0 Å². The van der Waals surface area contributed by atoms with Crippen molar-refractivity contribution in [1.82, 2.24) is 0 Å². The molecule has 0 amide bonds. The van der Waals surface area contributed by atoms with Gasteiger partial charge >= 0.3 is 0 Å². The third-order valence-corrected chi connectivity index (χ3v) is 8.18. The van der Waals surface area contributed by atoms with E-state index in [4.69, 9.17) is 11.6 Å². The van der Waals surface area contributed by atoms with Gasteiger partial charge in [-0.25, -0.2) is 21.6 Å². The minimum atomic E-state index is -4.10. The maximum Gasteiger partial charge on any atom is 0.270 e. The molecule has 0 saturated heterocycles. The van der Waals surface area contributed by atoms with Crippen LogP contribution in [-0.2, 0) is 22.4 Å². The molecule has 3 nitrogen and oxygen atoms in total. The Balaban J connectivity index is 1.79. The van der Waals surface area contributed by atoms with E-state index in [1.54, 1.807) is 25.1 Å². The summed E-state index contributed by atoms with van der Waals surface area (Å²) in [4.78, 5) is -0.188. The Morgan fingerprint density at radius 2 is 1.83 bits per heavy atom. The fourth-order valence-electron chi connectivity index (χ4n) is 4.38. The number of halogens is 4. The number of hydrogen-bond acceptors (Lipinski definition) is 2. The number of hydrogen-bond donors (Lipinski definition) is 0. The first-order valence-electron chi connectivity index (χ1n) is 11.1. The molecule has 0 fully saturated rings. The van der Waals surface area contributed by atoms with Crippen molar-refractivity contribution in [2.45, 2.75) is 38.0 Å². The minimum absolute atomic E-state index is 0.0356. The summed E-state index contributed by atoms with van der Waals surface area (Å²) in [5, 5.41) is 0.280. The van der Waals surface area contributed by atoms with E-state index >= 15 is 0 Å². The number of rotatable bonds is 5. The third kappa shape index (κ3) is 5.11. The fourth-order valence-corrected chi connectivity index (χ4v) is 6.35. The molecule has 1 aliphatic rings. The summed E-state index contributed by atoms with van der Waals surface area (Å²) in [5.74, 6) is -3.58. The minimum Gasteiger partial charge on any atom is -0.266 e. The quantitative estimate of drug-likeness (QED) is 0.326. The molecule has 0 radical (unpaired) electrons. The van der Waals surface area contributed by atoms with Crippen LogP contribution in [0.5, 0.6) is 0 Å². The second-order valence-electron chi connectivity index (χ2n) is 9.07. The molecular weight excluding hydrogens is 495 g/mol. The van der Waals surface area contributed by atoms with Crippen LogP contribution in [0, 0.1) is 11.7 Å². The van der Waals surface area contributed by atoms with E-state index in [2.05, 4.69) is 0 Å². The zero-order valence-corrected chi connectivity index (χ0v) is 21.1. The van der Waals surface area contributed by atoms with Gasteiger partial charge in [0, 0.05) is 24.6 Å². The van der Waals surface area contributed by atoms with Crippen LogP contribution in [0.1, 0.15) is 43.0 Å². The van der Waals surface area contributed by atoms with E-state index in [1.165, 1.54) is 34.6 Å². The van der Waals surface area contributed by atoms with Gasteiger partial charge in [0.2, 0.25) is 0 Å². The standard InChI is InChI=1S/C27H25ClF3NO2S/c1-17-12-20-11-10-19(13-18(2)26-23(28)8-5-9-24(26)29)14-25(20)32(16-17)35(33,34)22-7-4-6-21(15-22)27(3,30)31/h4-11,13-15,17H,12,16H2,1-3H3/b18-13+. The van der Waals surface area contributed by atoms with E-state index in [0.717, 1.165) is 18.6 Å². The number of benzene rings is 3. The van der Waals surface area contributed by atoms with Crippen molar-refractivity contribution in [3.05, 3.63) is 93.8 Å². The molecule has 0 spiro atoms. The van der Waals surface area contributed by atoms with Crippen LogP contribution in [0.3, 0.4) is 0 Å². The Bertz CT molecular complexity index is 1390. The van der Waals surface area contributed by atoms with Crippen LogP contribution in [0.15, 0.2) is 65.6 Å². The second-order valence-corrected chi connectivity index (χ2v) is 11.3. The molecule has 1 unspecified atom stereocenters. The lowest BCUT2D eigenvalue weighted by molar-refractivity contribution is 0.0172. The highest BCUT2D eigenvalue weighted by atomic mass is 35.5. The van der Waals surface area contributed by atoms with Crippen LogP contribution in [0.4, 0.5) is 18.9 Å². The zero-order valence-electron chi connectivity index (χ0n) is 19.5. The molecule has 3 aromatic rings. The van der Waals surface area contributed by atoms with Crippen LogP contribution in [0.25, 0.3) is 11.6 Å². The molecule has 0 aliphatic carbocycles. The predicted molar refractivity (Wildman–Crippen MR) is 135 cm³/mol. The molecule has 184 valence electrons. The highest BCUT2D eigenvalue weighted by molar-refractivity contribution is 7.92. The Labute approximate surface area is 208 Å². The lowest BCUT2D eigenvalue weighted by Gasteiger charge is -2.34. The number of fused-ring (bicyclic) bond motifs is 1. The molecule has 0 N–H and O–H groups in total. The van der Waals surface area contributed by atoms with Crippen molar-refractivity contribution in [2.24, 2.45) is 5.92 Å². The van der Waals surface area contributed by atoms with Crippen LogP contribution >= 0.6 is 11.6 Å². The number of nitrogens with zero attached hydrogens (tertiary/aromatic N) is 1. The van der Waals surface area contributed by atoms with E-state index in [9.17, 15) is 21.6 Å². The van der Waals surface area contributed by atoms with E-state index in [1.807, 2.05) is 19.1 Å². The molecular formula is C27H25ClF3NO2S. The molecule has 0 saturated carbocycles. The van der Waals surface area contributed by atoms with Gasteiger partial charge in [-0.3, -0.25) is 4.31 Å². The summed E-state index contributed by atoms with van der Waals surface area (Å²) >= 11 is 6.20. The summed E-state index contributed by atoms with van der Waals surface area (Å²) in [7, 11) is -4.10. The van der Waals surface area contributed by atoms with Crippen LogP contribution in [-0.4, -0.2) is 15.0 Å². The first-order chi connectivity index (χ1) is 16.4. The summed E-state index contributed by atoms with van der Waals surface area (Å²) in [5.41, 5.74) is 2.50. The normalized spacial score (nSPS) is 16.8. The summed E-state index contributed by atoms with van der Waals surface area (Å²) in [6.45, 7) is 4.63. The van der Waals surface area contributed by atoms with Crippen molar-refractivity contribution in [3.63, 3.8) is 0 Å². The Morgan fingerprint density at radius 1 is 1.11 bits per heavy atom. The third-order valence-electron chi connectivity index (χ3n) is 6.09. The molecule has 1 heterocycles. The van der Waals surface area contributed by atoms with Gasteiger partial charge in [-0.15, -0.1) is 0 Å². The number of anilines is 1. The molecule has 35 heavy (non-hydrogen) atoms. The first-order valence-corrected chi connectivity index (χ1v) is 13.0. The molecule has 0 aromatic heterocycles. The average molecular weight is 520 g/mol. The molecule has 0 bridgehead atoms. The van der Waals surface area contributed by atoms with Crippen molar-refractivity contribution in [2.75, 3.05) is 10.8 Å². The van der Waals surface area contributed by atoms with Gasteiger partial charge in [0.15, 0.2) is 0 Å². The van der Waals surface area contributed by atoms with E-state index in [-0.39, 0.29) is 33.5 Å². The molecule has 1 aliphatic heterocycles. The lowest BCUT2D eigenvalue weighted by atomic mass is 9.93. The summed E-state index contributed by atoms with van der Waals surface area (Å²) in [6.07, 6.45) is 2.42. The lowest BCUT2D eigenvalue weighted by Crippen LogP contribution is -2.39. The number of allylic oxidation sites excluding steroid dienone is 1. The predicted octanol–water partition coefficient (Wildman–Crippen LogP) is 7.54. The highest BCUT2D eigenvalue weighted by Crippen LogP contribution is 2.37. The van der Waals surface area contributed by atoms with Crippen molar-refractivity contribution < 1.29 is 21.6 Å². The van der Waals surface area contributed by atoms with Gasteiger partial charge in [0.1, 0.15) is 5.82 Å².